The normalized spacial score (nSPS) is 26.4. The van der Waals surface area contributed by atoms with Crippen molar-refractivity contribution in [1.29, 1.82) is 0 Å². The maximum atomic E-state index is 11.5. The second-order valence-corrected chi connectivity index (χ2v) is 4.56. The summed E-state index contributed by atoms with van der Waals surface area (Å²) in [6.45, 7) is 2.50. The van der Waals surface area contributed by atoms with E-state index in [9.17, 15) is 14.7 Å². The number of carbonyl (C=O) groups excluding carboxylic acids is 1. The highest BCUT2D eigenvalue weighted by Gasteiger charge is 2.43. The van der Waals surface area contributed by atoms with Crippen LogP contribution in [0.25, 0.3) is 0 Å². The van der Waals surface area contributed by atoms with E-state index in [-0.39, 0.29) is 17.9 Å². The van der Waals surface area contributed by atoms with Gasteiger partial charge in [-0.1, -0.05) is 0 Å². The molecule has 90 valence electrons. The lowest BCUT2D eigenvalue weighted by Gasteiger charge is -2.31. The number of nitrogens with zero attached hydrogens (tertiary/aromatic N) is 1. The van der Waals surface area contributed by atoms with Crippen molar-refractivity contribution in [3.05, 3.63) is 0 Å². The third-order valence-electron chi connectivity index (χ3n) is 3.27. The molecule has 1 saturated carbocycles. The van der Waals surface area contributed by atoms with E-state index in [1.165, 1.54) is 6.92 Å². The van der Waals surface area contributed by atoms with Crippen molar-refractivity contribution in [2.75, 3.05) is 13.2 Å². The highest BCUT2D eigenvalue weighted by atomic mass is 16.5. The van der Waals surface area contributed by atoms with Gasteiger partial charge in [0.1, 0.15) is 6.04 Å². The van der Waals surface area contributed by atoms with Gasteiger partial charge in [0.2, 0.25) is 5.91 Å². The van der Waals surface area contributed by atoms with Gasteiger partial charge in [0.15, 0.2) is 0 Å². The number of carboxylic acid groups (broad SMARTS) is 1. The third kappa shape index (κ3) is 2.19. The molecule has 16 heavy (non-hydrogen) atoms. The highest BCUT2D eigenvalue weighted by molar-refractivity contribution is 5.83. The van der Waals surface area contributed by atoms with Gasteiger partial charge in [-0.25, -0.2) is 4.79 Å². The molecule has 0 bridgehead atoms. The molecule has 1 N–H and O–H groups in total. The fourth-order valence-corrected chi connectivity index (χ4v) is 2.38. The number of carboxylic acids is 1. The Morgan fingerprint density at radius 3 is 2.44 bits per heavy atom. The molecule has 1 aliphatic carbocycles. The Balaban J connectivity index is 2.15. The van der Waals surface area contributed by atoms with Crippen LogP contribution in [0.5, 0.6) is 0 Å². The van der Waals surface area contributed by atoms with Gasteiger partial charge in [-0.05, 0) is 19.3 Å². The average Bonchev–Trinajstić information content (AvgIpc) is 2.89. The summed E-state index contributed by atoms with van der Waals surface area (Å²) in [7, 11) is 0. The van der Waals surface area contributed by atoms with Crippen LogP contribution in [0.4, 0.5) is 0 Å². The molecule has 0 aromatic rings. The Morgan fingerprint density at radius 2 is 2.06 bits per heavy atom. The second kappa shape index (κ2) is 4.41. The number of ether oxygens (including phenoxy) is 1. The molecule has 2 rings (SSSR count). The molecule has 5 nitrogen and oxygen atoms in total. The Bertz CT molecular complexity index is 294. The summed E-state index contributed by atoms with van der Waals surface area (Å²) in [6.07, 6.45) is 2.58. The van der Waals surface area contributed by atoms with E-state index in [2.05, 4.69) is 0 Å². The summed E-state index contributed by atoms with van der Waals surface area (Å²) in [6, 6.07) is -0.563. The topological polar surface area (TPSA) is 66.8 Å². The minimum Gasteiger partial charge on any atom is -0.480 e. The van der Waals surface area contributed by atoms with Crippen molar-refractivity contribution < 1.29 is 19.4 Å². The molecular weight excluding hydrogens is 210 g/mol. The van der Waals surface area contributed by atoms with Crippen LogP contribution in [-0.2, 0) is 14.3 Å². The minimum absolute atomic E-state index is 0.0537. The van der Waals surface area contributed by atoms with Gasteiger partial charge in [-0.3, -0.25) is 4.79 Å². The van der Waals surface area contributed by atoms with Gasteiger partial charge in [0.05, 0.1) is 6.61 Å². The molecule has 5 heteroatoms. The van der Waals surface area contributed by atoms with Crippen molar-refractivity contribution >= 4 is 11.9 Å². The Kier molecular flexibility index (Phi) is 3.14. The van der Waals surface area contributed by atoms with Crippen LogP contribution in [-0.4, -0.2) is 47.2 Å². The number of aliphatic carboxylic acids is 1. The lowest BCUT2D eigenvalue weighted by atomic mass is 9.97. The Morgan fingerprint density at radius 1 is 1.38 bits per heavy atom. The van der Waals surface area contributed by atoms with E-state index >= 15 is 0 Å². The zero-order valence-electron chi connectivity index (χ0n) is 9.39. The third-order valence-corrected chi connectivity index (χ3v) is 3.27. The number of hydrogen-bond donors (Lipinski definition) is 1. The molecule has 1 aliphatic heterocycles. The summed E-state index contributed by atoms with van der Waals surface area (Å²) in [5, 5.41) is 9.28. The average molecular weight is 227 g/mol. The van der Waals surface area contributed by atoms with Crippen molar-refractivity contribution in [3.63, 3.8) is 0 Å². The smallest absolute Gasteiger partial charge is 0.326 e. The first-order valence-electron chi connectivity index (χ1n) is 5.70. The first-order chi connectivity index (χ1) is 7.61. The summed E-state index contributed by atoms with van der Waals surface area (Å²) >= 11 is 0. The minimum atomic E-state index is -0.905. The quantitative estimate of drug-likeness (QED) is 0.759. The lowest BCUT2D eigenvalue weighted by Crippen LogP contribution is -2.50. The molecule has 0 aromatic carbocycles. The number of carbonyl (C=O) groups is 2. The summed E-state index contributed by atoms with van der Waals surface area (Å²) in [4.78, 5) is 24.4. The zero-order valence-corrected chi connectivity index (χ0v) is 9.39. The van der Waals surface area contributed by atoms with Crippen molar-refractivity contribution in [2.24, 2.45) is 5.92 Å². The molecule has 1 amide bonds. The van der Waals surface area contributed by atoms with Crippen molar-refractivity contribution in [2.45, 2.75) is 38.3 Å². The monoisotopic (exact) mass is 227 g/mol. The van der Waals surface area contributed by atoms with E-state index in [1.807, 2.05) is 0 Å². The van der Waals surface area contributed by atoms with Crippen LogP contribution >= 0.6 is 0 Å². The van der Waals surface area contributed by atoms with Gasteiger partial charge < -0.3 is 14.7 Å². The van der Waals surface area contributed by atoms with Gasteiger partial charge in [0.25, 0.3) is 0 Å². The predicted octanol–water partition coefficient (Wildman–Crippen LogP) is 0.487. The molecule has 1 heterocycles. The van der Waals surface area contributed by atoms with Gasteiger partial charge in [0, 0.05) is 25.5 Å². The Labute approximate surface area is 94.4 Å². The lowest BCUT2D eigenvalue weighted by molar-refractivity contribution is -0.152. The largest absolute Gasteiger partial charge is 0.480 e. The second-order valence-electron chi connectivity index (χ2n) is 4.56. The van der Waals surface area contributed by atoms with Crippen LogP contribution in [0.15, 0.2) is 0 Å². The maximum absolute atomic E-state index is 11.5. The molecule has 0 aromatic heterocycles. The van der Waals surface area contributed by atoms with Crippen molar-refractivity contribution in [3.8, 4) is 0 Å². The number of amides is 1. The summed E-state index contributed by atoms with van der Waals surface area (Å²) in [5.41, 5.74) is 0. The molecule has 1 saturated heterocycles. The van der Waals surface area contributed by atoms with Crippen LogP contribution in [0, 0.1) is 5.92 Å². The van der Waals surface area contributed by atoms with Crippen LogP contribution in [0.3, 0.4) is 0 Å². The maximum Gasteiger partial charge on any atom is 0.326 e. The standard InChI is InChI=1S/C11H17NO4/c1-7(13)12(9-2-3-9)10(11(14)15)8-4-5-16-6-8/h8-10H,2-6H2,1H3,(H,14,15). The van der Waals surface area contributed by atoms with E-state index in [1.54, 1.807) is 4.90 Å². The van der Waals surface area contributed by atoms with E-state index in [0.29, 0.717) is 13.2 Å². The van der Waals surface area contributed by atoms with Gasteiger partial charge in [-0.2, -0.15) is 0 Å². The molecule has 0 spiro atoms. The molecule has 2 fully saturated rings. The zero-order chi connectivity index (χ0) is 11.7. The number of hydrogen-bond acceptors (Lipinski definition) is 3. The fraction of sp³-hybridized carbons (Fsp3) is 0.818. The van der Waals surface area contributed by atoms with E-state index in [4.69, 9.17) is 4.74 Å². The van der Waals surface area contributed by atoms with Crippen LogP contribution in [0.2, 0.25) is 0 Å². The van der Waals surface area contributed by atoms with Crippen LogP contribution in [0.1, 0.15) is 26.2 Å². The molecule has 0 radical (unpaired) electrons. The SMILES string of the molecule is CC(=O)N(C1CC1)C(C(=O)O)C1CCOC1. The number of rotatable bonds is 4. The van der Waals surface area contributed by atoms with Crippen molar-refractivity contribution in [1.82, 2.24) is 4.90 Å². The molecule has 2 aliphatic rings. The summed E-state index contributed by atoms with van der Waals surface area (Å²) < 4.78 is 5.22. The van der Waals surface area contributed by atoms with E-state index in [0.717, 1.165) is 19.3 Å². The fourth-order valence-electron chi connectivity index (χ4n) is 2.38. The van der Waals surface area contributed by atoms with Crippen LogP contribution < -0.4 is 0 Å². The van der Waals surface area contributed by atoms with E-state index < -0.39 is 12.0 Å². The first-order valence-corrected chi connectivity index (χ1v) is 5.70. The molecule has 2 unspecified atom stereocenters. The van der Waals surface area contributed by atoms with Gasteiger partial charge >= 0.3 is 5.97 Å². The highest BCUT2D eigenvalue weighted by Crippen LogP contribution is 2.33. The van der Waals surface area contributed by atoms with Gasteiger partial charge in [-0.15, -0.1) is 0 Å². The Hall–Kier alpha value is -1.10. The molecular formula is C11H17NO4. The summed E-state index contributed by atoms with van der Waals surface area (Å²) in [5.74, 6) is -1.10. The molecule has 2 atom stereocenters. The first kappa shape index (κ1) is 11.4. The predicted molar refractivity (Wildman–Crippen MR) is 55.9 cm³/mol.